The summed E-state index contributed by atoms with van der Waals surface area (Å²) in [7, 11) is 0. The maximum Gasteiger partial charge on any atom is 1.00 e. The second-order valence-electron chi connectivity index (χ2n) is 1.39. The molecule has 1 rings (SSSR count). The van der Waals surface area contributed by atoms with Crippen LogP contribution in [-0.4, -0.2) is 0 Å². The van der Waals surface area contributed by atoms with Crippen LogP contribution in [-0.2, 0) is 0 Å². The molecular formula is C8H6Na2. The molecule has 40 valence electrons. The Labute approximate surface area is 106 Å². The average Bonchev–Trinajstić information content (AvgIpc) is 1.62. The molecule has 0 saturated heterocycles. The molecule has 0 aromatic carbocycles. The summed E-state index contributed by atoms with van der Waals surface area (Å²) in [4.78, 5) is 0. The van der Waals surface area contributed by atoms with E-state index in [-0.39, 0.29) is 59.1 Å². The van der Waals surface area contributed by atoms with E-state index in [1.54, 1.807) is 0 Å². The Morgan fingerprint density at radius 1 is 0.600 bits per heavy atom. The third-order valence-electron chi connectivity index (χ3n) is 0.776. The molecular weight excluding hydrogens is 142 g/mol. The van der Waals surface area contributed by atoms with Gasteiger partial charge in [-0.25, -0.2) is 12.2 Å². The molecule has 0 spiro atoms. The van der Waals surface area contributed by atoms with E-state index in [1.807, 2.05) is 36.5 Å². The molecule has 0 fully saturated rings. The first kappa shape index (κ1) is 13.5. The first-order valence-corrected chi connectivity index (χ1v) is 2.49. The van der Waals surface area contributed by atoms with Crippen molar-refractivity contribution < 1.29 is 59.1 Å². The third-order valence-corrected chi connectivity index (χ3v) is 0.776. The Kier molecular flexibility index (Phi) is 13.5. The van der Waals surface area contributed by atoms with Gasteiger partial charge in [-0.15, -0.1) is 12.2 Å². The molecule has 2 heteroatoms. The smallest absolute Gasteiger partial charge is 0.325 e. The van der Waals surface area contributed by atoms with Crippen molar-refractivity contribution in [2.45, 2.75) is 0 Å². The number of allylic oxidation sites excluding steroid dienone is 8. The molecule has 0 saturated carbocycles. The molecule has 0 heterocycles. The zero-order valence-electron chi connectivity index (χ0n) is 6.46. The van der Waals surface area contributed by atoms with Crippen LogP contribution in [0.15, 0.2) is 36.5 Å². The Balaban J connectivity index is 0. The summed E-state index contributed by atoms with van der Waals surface area (Å²) in [6, 6.07) is 0. The molecule has 0 nitrogen and oxygen atoms in total. The molecule has 0 atom stereocenters. The number of hydrogen-bond donors (Lipinski definition) is 0. The summed E-state index contributed by atoms with van der Waals surface area (Å²) in [5, 5.41) is 0. The Morgan fingerprint density at radius 3 is 1.40 bits per heavy atom. The molecule has 1 aliphatic rings. The van der Waals surface area contributed by atoms with Crippen LogP contribution in [0, 0.1) is 12.2 Å². The normalized spacial score (nSPS) is 25.6. The van der Waals surface area contributed by atoms with Gasteiger partial charge in [0.2, 0.25) is 0 Å². The van der Waals surface area contributed by atoms with Gasteiger partial charge in [0.05, 0.1) is 0 Å². The summed E-state index contributed by atoms with van der Waals surface area (Å²) in [6.45, 7) is 0. The molecule has 0 aromatic heterocycles. The second-order valence-corrected chi connectivity index (χ2v) is 1.39. The van der Waals surface area contributed by atoms with Gasteiger partial charge in [-0.05, 0) is 0 Å². The topological polar surface area (TPSA) is 0 Å². The van der Waals surface area contributed by atoms with Gasteiger partial charge in [-0.2, -0.15) is 0 Å². The van der Waals surface area contributed by atoms with Crippen molar-refractivity contribution in [1.29, 1.82) is 0 Å². The number of rotatable bonds is 0. The van der Waals surface area contributed by atoms with Gasteiger partial charge < -0.3 is 12.2 Å². The Morgan fingerprint density at radius 2 is 1.00 bits per heavy atom. The van der Waals surface area contributed by atoms with Crippen LogP contribution in [0.25, 0.3) is 0 Å². The van der Waals surface area contributed by atoms with Gasteiger partial charge in [0.15, 0.2) is 0 Å². The van der Waals surface area contributed by atoms with E-state index in [0.717, 1.165) is 0 Å². The van der Waals surface area contributed by atoms with Gasteiger partial charge in [0.1, 0.15) is 0 Å². The van der Waals surface area contributed by atoms with E-state index < -0.39 is 0 Å². The quantitative estimate of drug-likeness (QED) is 0.241. The minimum absolute atomic E-state index is 0. The summed E-state index contributed by atoms with van der Waals surface area (Å²) in [6.07, 6.45) is 17.0. The maximum atomic E-state index is 2.82. The molecule has 0 radical (unpaired) electrons. The van der Waals surface area contributed by atoms with E-state index in [1.165, 1.54) is 0 Å². The second kappa shape index (κ2) is 9.96. The first-order chi connectivity index (χ1) is 4.00. The molecule has 0 aromatic rings. The summed E-state index contributed by atoms with van der Waals surface area (Å²) >= 11 is 0. The zero-order valence-corrected chi connectivity index (χ0v) is 10.5. The van der Waals surface area contributed by atoms with Crippen LogP contribution < -0.4 is 59.1 Å². The minimum Gasteiger partial charge on any atom is -0.325 e. The molecule has 0 aliphatic heterocycles. The fraction of sp³-hybridized carbons (Fsp3) is 0. The molecule has 0 bridgehead atoms. The van der Waals surface area contributed by atoms with Gasteiger partial charge in [0.25, 0.3) is 0 Å². The average molecular weight is 148 g/mol. The van der Waals surface area contributed by atoms with Crippen molar-refractivity contribution in [3.05, 3.63) is 48.6 Å². The standard InChI is InChI=1S/C8H6.2Na/c1-2-4-6-8-7-5-3-1;;/h1-6H;;/q-2;2*+1/b2-1-,3-1?,4-2?,5-3-,6-4-;;. The minimum atomic E-state index is 0. The monoisotopic (exact) mass is 148 g/mol. The van der Waals surface area contributed by atoms with Crippen molar-refractivity contribution in [2.75, 3.05) is 0 Å². The SMILES string of the molecule is [C-]1=[C-]\C=C/C=C\C=C/1.[Na+].[Na+]. The van der Waals surface area contributed by atoms with E-state index in [2.05, 4.69) is 12.2 Å². The molecule has 1 aliphatic carbocycles. The Bertz CT molecular complexity index is 108. The first-order valence-electron chi connectivity index (χ1n) is 2.49. The van der Waals surface area contributed by atoms with Crippen molar-refractivity contribution in [3.63, 3.8) is 0 Å². The fourth-order valence-corrected chi connectivity index (χ4v) is 0.432. The largest absolute Gasteiger partial charge is 1.00 e. The Hall–Kier alpha value is 0.960. The molecule has 10 heavy (non-hydrogen) atoms. The molecule has 0 unspecified atom stereocenters. The van der Waals surface area contributed by atoms with E-state index in [0.29, 0.717) is 0 Å². The molecule has 0 N–H and O–H groups in total. The van der Waals surface area contributed by atoms with Crippen molar-refractivity contribution in [3.8, 4) is 0 Å². The van der Waals surface area contributed by atoms with Crippen LogP contribution in [0.2, 0.25) is 0 Å². The van der Waals surface area contributed by atoms with E-state index >= 15 is 0 Å². The summed E-state index contributed by atoms with van der Waals surface area (Å²) in [5.41, 5.74) is 0. The summed E-state index contributed by atoms with van der Waals surface area (Å²) in [5.74, 6) is 0. The van der Waals surface area contributed by atoms with Crippen LogP contribution in [0.3, 0.4) is 0 Å². The number of hydrogen-bond acceptors (Lipinski definition) is 0. The van der Waals surface area contributed by atoms with Gasteiger partial charge in [-0.3, -0.25) is 12.2 Å². The fourth-order valence-electron chi connectivity index (χ4n) is 0.432. The van der Waals surface area contributed by atoms with Crippen LogP contribution >= 0.6 is 0 Å². The van der Waals surface area contributed by atoms with Crippen molar-refractivity contribution in [1.82, 2.24) is 0 Å². The van der Waals surface area contributed by atoms with Crippen molar-refractivity contribution >= 4 is 0 Å². The van der Waals surface area contributed by atoms with Crippen LogP contribution in [0.4, 0.5) is 0 Å². The van der Waals surface area contributed by atoms with E-state index in [4.69, 9.17) is 0 Å². The predicted molar refractivity (Wildman–Crippen MR) is 33.9 cm³/mol. The van der Waals surface area contributed by atoms with Crippen LogP contribution in [0.5, 0.6) is 0 Å². The molecule has 0 amide bonds. The predicted octanol–water partition coefficient (Wildman–Crippen LogP) is -4.16. The summed E-state index contributed by atoms with van der Waals surface area (Å²) < 4.78 is 0. The van der Waals surface area contributed by atoms with Crippen LogP contribution in [0.1, 0.15) is 0 Å². The third kappa shape index (κ3) is 7.07. The maximum absolute atomic E-state index is 2.82. The van der Waals surface area contributed by atoms with Crippen molar-refractivity contribution in [2.24, 2.45) is 0 Å². The van der Waals surface area contributed by atoms with Gasteiger partial charge in [-0.1, -0.05) is 0 Å². The van der Waals surface area contributed by atoms with Gasteiger partial charge in [0, 0.05) is 0 Å². The zero-order chi connectivity index (χ0) is 5.66. The van der Waals surface area contributed by atoms with Gasteiger partial charge >= 0.3 is 59.1 Å². The van der Waals surface area contributed by atoms with E-state index in [9.17, 15) is 0 Å².